The zero-order valence-electron chi connectivity index (χ0n) is 9.70. The summed E-state index contributed by atoms with van der Waals surface area (Å²) >= 11 is 7.65. The topological polar surface area (TPSA) is 17.1 Å². The summed E-state index contributed by atoms with van der Waals surface area (Å²) in [6, 6.07) is 7.23. The Bertz CT molecular complexity index is 352. The molecule has 16 heavy (non-hydrogen) atoms. The summed E-state index contributed by atoms with van der Waals surface area (Å²) in [5.74, 6) is 2.35. The monoisotopic (exact) mass is 256 g/mol. The predicted octanol–water partition coefficient (Wildman–Crippen LogP) is 4.30. The number of benzene rings is 1. The standard InChI is InChI=1S/C13H17ClOS/c1-3-10(2)8-16-9-13(15)11-6-4-5-7-12(11)14/h4-7,10H,3,8-9H2,1-2H3. The first kappa shape index (κ1) is 13.6. The summed E-state index contributed by atoms with van der Waals surface area (Å²) in [7, 11) is 0. The van der Waals surface area contributed by atoms with Gasteiger partial charge in [0.15, 0.2) is 5.78 Å². The number of hydrogen-bond acceptors (Lipinski definition) is 2. The Morgan fingerprint density at radius 1 is 1.44 bits per heavy atom. The quantitative estimate of drug-likeness (QED) is 0.706. The van der Waals surface area contributed by atoms with E-state index >= 15 is 0 Å². The van der Waals surface area contributed by atoms with Crippen LogP contribution in [0.1, 0.15) is 30.6 Å². The summed E-state index contributed by atoms with van der Waals surface area (Å²) in [4.78, 5) is 11.8. The number of halogens is 1. The number of rotatable bonds is 6. The molecule has 0 saturated heterocycles. The number of carbonyl (C=O) groups excluding carboxylic acids is 1. The van der Waals surface area contributed by atoms with E-state index in [0.29, 0.717) is 22.3 Å². The summed E-state index contributed by atoms with van der Waals surface area (Å²) in [5, 5.41) is 0.552. The number of carbonyl (C=O) groups is 1. The predicted molar refractivity (Wildman–Crippen MR) is 72.6 cm³/mol. The molecule has 1 aromatic rings. The first-order chi connectivity index (χ1) is 7.65. The van der Waals surface area contributed by atoms with Crippen LogP contribution in [-0.2, 0) is 0 Å². The lowest BCUT2D eigenvalue weighted by Gasteiger charge is -2.07. The average Bonchev–Trinajstić information content (AvgIpc) is 2.29. The minimum Gasteiger partial charge on any atom is -0.293 e. The minimum atomic E-state index is 0.124. The van der Waals surface area contributed by atoms with Gasteiger partial charge in [-0.2, -0.15) is 11.8 Å². The van der Waals surface area contributed by atoms with Crippen molar-refractivity contribution >= 4 is 29.1 Å². The summed E-state index contributed by atoms with van der Waals surface area (Å²) in [5.41, 5.74) is 0.640. The van der Waals surface area contributed by atoms with E-state index in [0.717, 1.165) is 12.2 Å². The van der Waals surface area contributed by atoms with Crippen LogP contribution in [0.3, 0.4) is 0 Å². The van der Waals surface area contributed by atoms with Crippen LogP contribution in [0.15, 0.2) is 24.3 Å². The van der Waals surface area contributed by atoms with E-state index < -0.39 is 0 Å². The molecule has 0 bridgehead atoms. The van der Waals surface area contributed by atoms with Crippen molar-refractivity contribution in [2.24, 2.45) is 5.92 Å². The first-order valence-electron chi connectivity index (χ1n) is 5.50. The molecule has 0 N–H and O–H groups in total. The van der Waals surface area contributed by atoms with Crippen LogP contribution in [0.5, 0.6) is 0 Å². The third-order valence-electron chi connectivity index (χ3n) is 2.51. The van der Waals surface area contributed by atoms with E-state index in [1.165, 1.54) is 0 Å². The smallest absolute Gasteiger partial charge is 0.174 e. The average molecular weight is 257 g/mol. The van der Waals surface area contributed by atoms with Crippen molar-refractivity contribution in [1.29, 1.82) is 0 Å². The molecule has 0 spiro atoms. The second-order valence-electron chi connectivity index (χ2n) is 3.93. The van der Waals surface area contributed by atoms with Gasteiger partial charge >= 0.3 is 0 Å². The molecule has 0 aliphatic rings. The summed E-state index contributed by atoms with van der Waals surface area (Å²) < 4.78 is 0. The second kappa shape index (κ2) is 6.97. The third-order valence-corrected chi connectivity index (χ3v) is 4.11. The third kappa shape index (κ3) is 4.18. The molecule has 1 rings (SSSR count). The van der Waals surface area contributed by atoms with Gasteiger partial charge in [0, 0.05) is 5.56 Å². The normalized spacial score (nSPS) is 12.4. The number of hydrogen-bond donors (Lipinski definition) is 0. The highest BCUT2D eigenvalue weighted by atomic mass is 35.5. The van der Waals surface area contributed by atoms with Crippen molar-refractivity contribution in [3.05, 3.63) is 34.9 Å². The van der Waals surface area contributed by atoms with Crippen LogP contribution in [0.25, 0.3) is 0 Å². The van der Waals surface area contributed by atoms with E-state index in [2.05, 4.69) is 13.8 Å². The molecule has 1 unspecified atom stereocenters. The lowest BCUT2D eigenvalue weighted by molar-refractivity contribution is 0.102. The highest BCUT2D eigenvalue weighted by Gasteiger charge is 2.10. The van der Waals surface area contributed by atoms with Crippen molar-refractivity contribution in [2.75, 3.05) is 11.5 Å². The number of ketones is 1. The summed E-state index contributed by atoms with van der Waals surface area (Å²) in [6.45, 7) is 4.37. The highest BCUT2D eigenvalue weighted by molar-refractivity contribution is 7.99. The fourth-order valence-electron chi connectivity index (χ4n) is 1.24. The van der Waals surface area contributed by atoms with Crippen molar-refractivity contribution in [1.82, 2.24) is 0 Å². The van der Waals surface area contributed by atoms with Gasteiger partial charge in [-0.05, 0) is 23.8 Å². The molecule has 0 aliphatic heterocycles. The lowest BCUT2D eigenvalue weighted by Crippen LogP contribution is -2.05. The maximum Gasteiger partial charge on any atom is 0.174 e. The molecule has 0 aliphatic carbocycles. The summed E-state index contributed by atoms with van der Waals surface area (Å²) in [6.07, 6.45) is 1.16. The van der Waals surface area contributed by atoms with Crippen LogP contribution in [0, 0.1) is 5.92 Å². The molecular formula is C13H17ClOS. The molecule has 0 fully saturated rings. The molecule has 1 aromatic carbocycles. The van der Waals surface area contributed by atoms with Gasteiger partial charge in [0.1, 0.15) is 0 Å². The SMILES string of the molecule is CCC(C)CSCC(=O)c1ccccc1Cl. The molecular weight excluding hydrogens is 240 g/mol. The van der Waals surface area contributed by atoms with E-state index in [1.807, 2.05) is 12.1 Å². The fraction of sp³-hybridized carbons (Fsp3) is 0.462. The van der Waals surface area contributed by atoms with Crippen molar-refractivity contribution in [3.8, 4) is 0 Å². The van der Waals surface area contributed by atoms with Crippen LogP contribution >= 0.6 is 23.4 Å². The Labute approximate surface area is 107 Å². The molecule has 0 aromatic heterocycles. The molecule has 0 amide bonds. The van der Waals surface area contributed by atoms with E-state index in [-0.39, 0.29) is 5.78 Å². The molecule has 0 heterocycles. The Balaban J connectivity index is 2.44. The van der Waals surface area contributed by atoms with Gasteiger partial charge < -0.3 is 0 Å². The van der Waals surface area contributed by atoms with Crippen molar-refractivity contribution in [3.63, 3.8) is 0 Å². The molecule has 0 radical (unpaired) electrons. The Hall–Kier alpha value is -0.470. The van der Waals surface area contributed by atoms with Gasteiger partial charge in [-0.1, -0.05) is 44.0 Å². The molecule has 3 heteroatoms. The van der Waals surface area contributed by atoms with E-state index in [4.69, 9.17) is 11.6 Å². The maximum atomic E-state index is 11.8. The van der Waals surface area contributed by atoms with E-state index in [9.17, 15) is 4.79 Å². The Morgan fingerprint density at radius 3 is 2.75 bits per heavy atom. The fourth-order valence-corrected chi connectivity index (χ4v) is 2.57. The van der Waals surface area contributed by atoms with E-state index in [1.54, 1.807) is 23.9 Å². The highest BCUT2D eigenvalue weighted by Crippen LogP contribution is 2.18. The zero-order chi connectivity index (χ0) is 12.0. The van der Waals surface area contributed by atoms with Gasteiger partial charge in [0.05, 0.1) is 10.8 Å². The molecule has 88 valence electrons. The second-order valence-corrected chi connectivity index (χ2v) is 5.37. The molecule has 1 nitrogen and oxygen atoms in total. The van der Waals surface area contributed by atoms with Crippen LogP contribution < -0.4 is 0 Å². The van der Waals surface area contributed by atoms with Crippen LogP contribution in [-0.4, -0.2) is 17.3 Å². The molecule has 1 atom stereocenters. The van der Waals surface area contributed by atoms with Gasteiger partial charge in [-0.25, -0.2) is 0 Å². The van der Waals surface area contributed by atoms with Gasteiger partial charge in [-0.3, -0.25) is 4.79 Å². The maximum absolute atomic E-state index is 11.8. The Kier molecular flexibility index (Phi) is 5.93. The van der Waals surface area contributed by atoms with Crippen LogP contribution in [0.2, 0.25) is 5.02 Å². The van der Waals surface area contributed by atoms with Gasteiger partial charge in [0.2, 0.25) is 0 Å². The van der Waals surface area contributed by atoms with Gasteiger partial charge in [0.25, 0.3) is 0 Å². The molecule has 0 saturated carbocycles. The lowest BCUT2D eigenvalue weighted by atomic mass is 10.1. The van der Waals surface area contributed by atoms with Crippen LogP contribution in [0.4, 0.5) is 0 Å². The largest absolute Gasteiger partial charge is 0.293 e. The number of Topliss-reactive ketones (excluding diaryl/α,β-unsaturated/α-hetero) is 1. The van der Waals surface area contributed by atoms with Crippen molar-refractivity contribution in [2.45, 2.75) is 20.3 Å². The Morgan fingerprint density at radius 2 is 2.12 bits per heavy atom. The first-order valence-corrected chi connectivity index (χ1v) is 7.03. The van der Waals surface area contributed by atoms with Gasteiger partial charge in [-0.15, -0.1) is 0 Å². The minimum absolute atomic E-state index is 0.124. The number of thioether (sulfide) groups is 1. The zero-order valence-corrected chi connectivity index (χ0v) is 11.3. The van der Waals surface area contributed by atoms with Crippen molar-refractivity contribution < 1.29 is 4.79 Å².